The van der Waals surface area contributed by atoms with Crippen molar-refractivity contribution in [1.82, 2.24) is 4.90 Å². The van der Waals surface area contributed by atoms with E-state index < -0.39 is 17.7 Å². The number of carbonyl (C=O) groups is 1. The third kappa shape index (κ3) is 5.80. The van der Waals surface area contributed by atoms with Crippen LogP contribution in [0.15, 0.2) is 84.9 Å². The highest BCUT2D eigenvalue weighted by Gasteiger charge is 2.34. The van der Waals surface area contributed by atoms with Gasteiger partial charge in [-0.15, -0.1) is 0 Å². The summed E-state index contributed by atoms with van der Waals surface area (Å²) in [5.74, 6) is -0.837. The van der Waals surface area contributed by atoms with Gasteiger partial charge in [0.2, 0.25) is 0 Å². The molecule has 4 aromatic carbocycles. The molecule has 4 aromatic rings. The lowest BCUT2D eigenvalue weighted by Crippen LogP contribution is -2.41. The molecule has 0 spiro atoms. The van der Waals surface area contributed by atoms with Crippen LogP contribution in [0.25, 0.3) is 11.1 Å². The summed E-state index contributed by atoms with van der Waals surface area (Å²) < 4.78 is 34.4. The van der Waals surface area contributed by atoms with Crippen LogP contribution in [0.4, 0.5) is 13.6 Å². The summed E-state index contributed by atoms with van der Waals surface area (Å²) in [7, 11) is 0. The molecule has 1 heterocycles. The van der Waals surface area contributed by atoms with E-state index >= 15 is 0 Å². The first kappa shape index (κ1) is 26.4. The largest absolute Gasteiger partial charge is 0.489 e. The average Bonchev–Trinajstić information content (AvgIpc) is 2.92. The number of hydrogen-bond donors (Lipinski definition) is 1. The van der Waals surface area contributed by atoms with Crippen molar-refractivity contribution in [3.8, 4) is 16.9 Å². The number of amides is 1. The van der Waals surface area contributed by atoms with Gasteiger partial charge in [0.1, 0.15) is 24.0 Å². The van der Waals surface area contributed by atoms with Crippen LogP contribution in [-0.2, 0) is 6.61 Å². The second-order valence-corrected chi connectivity index (χ2v) is 10.2. The van der Waals surface area contributed by atoms with Gasteiger partial charge >= 0.3 is 6.09 Å². The number of carboxylic acid groups (broad SMARTS) is 1. The molecule has 0 aliphatic carbocycles. The molecule has 200 valence electrons. The summed E-state index contributed by atoms with van der Waals surface area (Å²) in [6.07, 6.45) is -0.499. The number of likely N-dealkylation sites (tertiary alicyclic amines) is 1. The van der Waals surface area contributed by atoms with Crippen molar-refractivity contribution in [3.05, 3.63) is 124 Å². The fraction of sp³-hybridized carbons (Fsp3) is 0.242. The molecule has 2 unspecified atom stereocenters. The standard InChI is InChI=1S/C33H31F2NO3/c1-21-7-3-6-10-32(21)39-20-24-8-4-5-9-29(24)23-11-12-28(22(2)15-23)31-19-36(33(37)38)14-13-30(31)25-16-26(34)18-27(35)17-25/h3-12,15-18,30-31H,13-14,19-20H2,1-2H3,(H,37,38). The van der Waals surface area contributed by atoms with Crippen molar-refractivity contribution < 1.29 is 23.4 Å². The summed E-state index contributed by atoms with van der Waals surface area (Å²) in [4.78, 5) is 13.2. The van der Waals surface area contributed by atoms with Crippen molar-refractivity contribution in [2.24, 2.45) is 0 Å². The van der Waals surface area contributed by atoms with Gasteiger partial charge in [0.05, 0.1) is 0 Å². The summed E-state index contributed by atoms with van der Waals surface area (Å²) in [5, 5.41) is 9.68. The van der Waals surface area contributed by atoms with Gasteiger partial charge in [-0.05, 0) is 83.3 Å². The molecule has 0 saturated carbocycles. The van der Waals surface area contributed by atoms with Crippen LogP contribution >= 0.6 is 0 Å². The Balaban J connectivity index is 1.46. The molecular weight excluding hydrogens is 496 g/mol. The Bertz CT molecular complexity index is 1480. The second kappa shape index (κ2) is 11.3. The molecule has 39 heavy (non-hydrogen) atoms. The summed E-state index contributed by atoms with van der Waals surface area (Å²) in [6.45, 7) is 5.03. The van der Waals surface area contributed by atoms with Crippen LogP contribution in [0, 0.1) is 25.5 Å². The van der Waals surface area contributed by atoms with Crippen LogP contribution in [-0.4, -0.2) is 29.2 Å². The van der Waals surface area contributed by atoms with E-state index in [9.17, 15) is 18.7 Å². The number of rotatable bonds is 6. The molecule has 1 N–H and O–H groups in total. The average molecular weight is 528 g/mol. The molecule has 2 atom stereocenters. The molecule has 4 nitrogen and oxygen atoms in total. The van der Waals surface area contributed by atoms with Crippen LogP contribution in [0.5, 0.6) is 5.75 Å². The smallest absolute Gasteiger partial charge is 0.407 e. The van der Waals surface area contributed by atoms with E-state index in [2.05, 4.69) is 18.2 Å². The number of benzene rings is 4. The fourth-order valence-corrected chi connectivity index (χ4v) is 5.69. The zero-order valence-corrected chi connectivity index (χ0v) is 22.0. The Hall–Kier alpha value is -4.19. The van der Waals surface area contributed by atoms with Crippen molar-refractivity contribution >= 4 is 6.09 Å². The monoisotopic (exact) mass is 527 g/mol. The van der Waals surface area contributed by atoms with Gasteiger partial charge in [-0.25, -0.2) is 13.6 Å². The van der Waals surface area contributed by atoms with Gasteiger partial charge in [0.25, 0.3) is 0 Å². The van der Waals surface area contributed by atoms with Crippen LogP contribution in [0.2, 0.25) is 0 Å². The second-order valence-electron chi connectivity index (χ2n) is 10.2. The van der Waals surface area contributed by atoms with E-state index in [0.717, 1.165) is 45.2 Å². The topological polar surface area (TPSA) is 49.8 Å². The molecule has 1 aliphatic rings. The molecule has 6 heteroatoms. The first-order chi connectivity index (χ1) is 18.8. The zero-order valence-electron chi connectivity index (χ0n) is 22.0. The van der Waals surface area contributed by atoms with Crippen LogP contribution < -0.4 is 4.74 Å². The molecule has 1 aliphatic heterocycles. The van der Waals surface area contributed by atoms with E-state index in [1.807, 2.05) is 62.4 Å². The Labute approximate surface area is 227 Å². The first-order valence-corrected chi connectivity index (χ1v) is 13.1. The van der Waals surface area contributed by atoms with E-state index in [4.69, 9.17) is 4.74 Å². The van der Waals surface area contributed by atoms with Crippen molar-refractivity contribution in [1.29, 1.82) is 0 Å². The highest BCUT2D eigenvalue weighted by Crippen LogP contribution is 2.42. The van der Waals surface area contributed by atoms with Gasteiger partial charge in [-0.1, -0.05) is 60.7 Å². The Morgan fingerprint density at radius 2 is 1.62 bits per heavy atom. The Morgan fingerprint density at radius 3 is 2.33 bits per heavy atom. The highest BCUT2D eigenvalue weighted by atomic mass is 19.1. The maximum Gasteiger partial charge on any atom is 0.407 e. The Kier molecular flexibility index (Phi) is 7.64. The maximum atomic E-state index is 14.1. The molecule has 1 amide bonds. The van der Waals surface area contributed by atoms with E-state index in [-0.39, 0.29) is 18.4 Å². The van der Waals surface area contributed by atoms with Crippen molar-refractivity contribution in [2.75, 3.05) is 13.1 Å². The maximum absolute atomic E-state index is 14.1. The van der Waals surface area contributed by atoms with E-state index in [1.165, 1.54) is 17.0 Å². The van der Waals surface area contributed by atoms with Gasteiger partial charge in [0.15, 0.2) is 0 Å². The normalized spacial score (nSPS) is 17.2. The third-order valence-electron chi connectivity index (χ3n) is 7.67. The number of aryl methyl sites for hydroxylation is 2. The van der Waals surface area contributed by atoms with Crippen LogP contribution in [0.1, 0.15) is 46.1 Å². The number of piperidine rings is 1. The molecule has 0 bridgehead atoms. The highest BCUT2D eigenvalue weighted by molar-refractivity contribution is 5.69. The fourth-order valence-electron chi connectivity index (χ4n) is 5.69. The molecular formula is C33H31F2NO3. The van der Waals surface area contributed by atoms with Crippen LogP contribution in [0.3, 0.4) is 0 Å². The van der Waals surface area contributed by atoms with Gasteiger partial charge < -0.3 is 14.7 Å². The SMILES string of the molecule is Cc1ccccc1OCc1ccccc1-c1ccc(C2CN(C(=O)O)CCC2c2cc(F)cc(F)c2)c(C)c1. The number of para-hydroxylation sites is 1. The number of ether oxygens (including phenoxy) is 1. The molecule has 5 rings (SSSR count). The molecule has 1 saturated heterocycles. The summed E-state index contributed by atoms with van der Waals surface area (Å²) in [5.41, 5.74) is 6.75. The lowest BCUT2D eigenvalue weighted by Gasteiger charge is -2.38. The Morgan fingerprint density at radius 1 is 0.897 bits per heavy atom. The minimum absolute atomic E-state index is 0.204. The minimum atomic E-state index is -0.985. The van der Waals surface area contributed by atoms with Gasteiger partial charge in [0, 0.05) is 25.1 Å². The molecule has 1 fully saturated rings. The lowest BCUT2D eigenvalue weighted by atomic mass is 9.75. The summed E-state index contributed by atoms with van der Waals surface area (Å²) in [6, 6.07) is 25.8. The quantitative estimate of drug-likeness (QED) is 0.276. The van der Waals surface area contributed by atoms with E-state index in [1.54, 1.807) is 0 Å². The zero-order chi connectivity index (χ0) is 27.5. The van der Waals surface area contributed by atoms with Crippen molar-refractivity contribution in [2.45, 2.75) is 38.7 Å². The summed E-state index contributed by atoms with van der Waals surface area (Å²) >= 11 is 0. The third-order valence-corrected chi connectivity index (χ3v) is 7.67. The van der Waals surface area contributed by atoms with Gasteiger partial charge in [-0.3, -0.25) is 0 Å². The number of hydrogen-bond acceptors (Lipinski definition) is 2. The molecule has 0 aromatic heterocycles. The molecule has 0 radical (unpaired) electrons. The van der Waals surface area contributed by atoms with Crippen molar-refractivity contribution in [3.63, 3.8) is 0 Å². The van der Waals surface area contributed by atoms with E-state index in [0.29, 0.717) is 25.1 Å². The lowest BCUT2D eigenvalue weighted by molar-refractivity contribution is 0.125. The predicted molar refractivity (Wildman–Crippen MR) is 148 cm³/mol. The first-order valence-electron chi connectivity index (χ1n) is 13.1. The number of halogens is 2. The van der Waals surface area contributed by atoms with Gasteiger partial charge in [-0.2, -0.15) is 0 Å². The number of nitrogens with zero attached hydrogens (tertiary/aromatic N) is 1. The predicted octanol–water partition coefficient (Wildman–Crippen LogP) is 8.08. The minimum Gasteiger partial charge on any atom is -0.489 e.